The van der Waals surface area contributed by atoms with Gasteiger partial charge in [0.15, 0.2) is 12.3 Å². The highest BCUT2D eigenvalue weighted by Gasteiger charge is 2.14. The first-order valence-corrected chi connectivity index (χ1v) is 10.2. The number of hydrogen-bond acceptors (Lipinski definition) is 4. The van der Waals surface area contributed by atoms with Crippen molar-refractivity contribution in [1.29, 1.82) is 0 Å². The highest BCUT2D eigenvalue weighted by molar-refractivity contribution is 9.11. The molecule has 28 heavy (non-hydrogen) atoms. The van der Waals surface area contributed by atoms with Crippen LogP contribution in [0.15, 0.2) is 49.5 Å². The average molecular weight is 509 g/mol. The minimum absolute atomic E-state index is 0.160. The molecule has 0 bridgehead atoms. The van der Waals surface area contributed by atoms with E-state index in [1.807, 2.05) is 31.2 Å². The molecule has 3 rings (SSSR count). The molecule has 146 valence electrons. The molecule has 0 aliphatic rings. The molecular weight excluding hydrogens is 490 g/mol. The predicted octanol–water partition coefficient (Wildman–Crippen LogP) is 6.52. The summed E-state index contributed by atoms with van der Waals surface area (Å²) in [4.78, 5) is 14.9. The molecule has 1 heterocycles. The van der Waals surface area contributed by atoms with E-state index in [4.69, 9.17) is 4.74 Å². The molecule has 8 heteroatoms. The molecule has 0 fully saturated rings. The van der Waals surface area contributed by atoms with E-state index in [1.54, 1.807) is 6.07 Å². The fraction of sp³-hybridized carbons (Fsp3) is 0.250. The number of aromatic hydroxyl groups is 1. The molecule has 0 spiro atoms. The molecule has 1 amide bonds. The average Bonchev–Trinajstić information content (AvgIpc) is 2.94. The summed E-state index contributed by atoms with van der Waals surface area (Å²) in [7, 11) is 0. The third-order valence-electron chi connectivity index (χ3n) is 4.27. The molecule has 6 nitrogen and oxygen atoms in total. The Morgan fingerprint density at radius 3 is 2.71 bits per heavy atom. The lowest BCUT2D eigenvalue weighted by Crippen LogP contribution is -2.09. The molecule has 0 saturated carbocycles. The van der Waals surface area contributed by atoms with Crippen molar-refractivity contribution in [3.63, 3.8) is 0 Å². The Labute approximate surface area is 179 Å². The molecule has 2 N–H and O–H groups in total. The van der Waals surface area contributed by atoms with Crippen molar-refractivity contribution in [1.82, 2.24) is 4.98 Å². The van der Waals surface area contributed by atoms with Gasteiger partial charge in [0.2, 0.25) is 5.88 Å². The fourth-order valence-corrected chi connectivity index (χ4v) is 4.02. The standard InChI is InChI=1S/C20H19Br2N3O3/c1-10(2)12-5-4-11(3)16(6-12)28-9-17(26)24-25-19-14-7-13(21)8-15(22)18(14)23-20(19)27/h4-8,10,23,27H,9H2,1-3H3. The Morgan fingerprint density at radius 1 is 1.25 bits per heavy atom. The lowest BCUT2D eigenvalue weighted by molar-refractivity contribution is -0.120. The zero-order chi connectivity index (χ0) is 20.4. The summed E-state index contributed by atoms with van der Waals surface area (Å²) in [6.45, 7) is 5.88. The van der Waals surface area contributed by atoms with Crippen LogP contribution in [0.25, 0.3) is 10.9 Å². The van der Waals surface area contributed by atoms with Crippen LogP contribution in [0.2, 0.25) is 0 Å². The van der Waals surface area contributed by atoms with Crippen LogP contribution in [0.1, 0.15) is 30.9 Å². The summed E-state index contributed by atoms with van der Waals surface area (Å²) >= 11 is 6.81. The first-order valence-electron chi connectivity index (χ1n) is 8.64. The van der Waals surface area contributed by atoms with E-state index in [0.717, 1.165) is 20.1 Å². The van der Waals surface area contributed by atoms with Gasteiger partial charge in [0.05, 0.1) is 5.52 Å². The fourth-order valence-electron chi connectivity index (χ4n) is 2.70. The summed E-state index contributed by atoms with van der Waals surface area (Å²) in [6.07, 6.45) is 0. The second kappa shape index (κ2) is 8.45. The van der Waals surface area contributed by atoms with E-state index in [2.05, 4.69) is 60.9 Å². The normalized spacial score (nSPS) is 11.6. The Bertz CT molecular complexity index is 1070. The highest BCUT2D eigenvalue weighted by Crippen LogP contribution is 2.40. The number of azo groups is 1. The lowest BCUT2D eigenvalue weighted by Gasteiger charge is -2.11. The van der Waals surface area contributed by atoms with Crippen LogP contribution in [0.4, 0.5) is 5.69 Å². The van der Waals surface area contributed by atoms with Crippen molar-refractivity contribution in [2.24, 2.45) is 10.2 Å². The van der Waals surface area contributed by atoms with Gasteiger partial charge in [-0.3, -0.25) is 4.79 Å². The number of aromatic nitrogens is 1. The van der Waals surface area contributed by atoms with E-state index in [1.165, 1.54) is 0 Å². The number of halogens is 2. The number of H-pyrrole nitrogens is 1. The van der Waals surface area contributed by atoms with Crippen LogP contribution in [0, 0.1) is 6.92 Å². The third-order valence-corrected chi connectivity index (χ3v) is 5.35. The Morgan fingerprint density at radius 2 is 2.00 bits per heavy atom. The number of carbonyl (C=O) groups excluding carboxylic acids is 1. The molecule has 3 aromatic rings. The van der Waals surface area contributed by atoms with Gasteiger partial charge >= 0.3 is 5.91 Å². The number of nitrogens with zero attached hydrogens (tertiary/aromatic N) is 2. The second-order valence-electron chi connectivity index (χ2n) is 6.69. The number of aromatic amines is 1. The maximum Gasteiger partial charge on any atom is 0.302 e. The summed E-state index contributed by atoms with van der Waals surface area (Å²) in [5, 5.41) is 18.4. The summed E-state index contributed by atoms with van der Waals surface area (Å²) in [5.74, 6) is 0.309. The van der Waals surface area contributed by atoms with Crippen LogP contribution < -0.4 is 4.74 Å². The summed E-state index contributed by atoms with van der Waals surface area (Å²) < 4.78 is 7.18. The SMILES string of the molecule is Cc1ccc(C(C)C)cc1OCC(=O)N=Nc1c(O)[nH]c2c(Br)cc(Br)cc12. The van der Waals surface area contributed by atoms with Gasteiger partial charge in [-0.1, -0.05) is 41.9 Å². The van der Waals surface area contributed by atoms with Crippen molar-refractivity contribution in [2.45, 2.75) is 26.7 Å². The van der Waals surface area contributed by atoms with Crippen LogP contribution in [0.3, 0.4) is 0 Å². The molecular formula is C20H19Br2N3O3. The van der Waals surface area contributed by atoms with Crippen LogP contribution in [-0.2, 0) is 4.79 Å². The van der Waals surface area contributed by atoms with Crippen LogP contribution >= 0.6 is 31.9 Å². The molecule has 0 radical (unpaired) electrons. The molecule has 0 unspecified atom stereocenters. The predicted molar refractivity (Wildman–Crippen MR) is 116 cm³/mol. The van der Waals surface area contributed by atoms with Crippen molar-refractivity contribution < 1.29 is 14.6 Å². The second-order valence-corrected chi connectivity index (χ2v) is 8.46. The zero-order valence-corrected chi connectivity index (χ0v) is 18.8. The third kappa shape index (κ3) is 4.44. The number of aryl methyl sites for hydroxylation is 1. The van der Waals surface area contributed by atoms with Crippen molar-refractivity contribution in [2.75, 3.05) is 6.61 Å². The van der Waals surface area contributed by atoms with E-state index in [9.17, 15) is 9.90 Å². The van der Waals surface area contributed by atoms with E-state index < -0.39 is 5.91 Å². The van der Waals surface area contributed by atoms with Gasteiger partial charge in [-0.05, 0) is 58.1 Å². The molecule has 0 aliphatic heterocycles. The van der Waals surface area contributed by atoms with E-state index in [-0.39, 0.29) is 18.2 Å². The van der Waals surface area contributed by atoms with E-state index in [0.29, 0.717) is 22.6 Å². The maximum atomic E-state index is 12.1. The minimum Gasteiger partial charge on any atom is -0.493 e. The zero-order valence-electron chi connectivity index (χ0n) is 15.6. The largest absolute Gasteiger partial charge is 0.493 e. The van der Waals surface area contributed by atoms with Gasteiger partial charge in [-0.15, -0.1) is 10.2 Å². The van der Waals surface area contributed by atoms with Gasteiger partial charge in [-0.2, -0.15) is 0 Å². The molecule has 0 saturated heterocycles. The minimum atomic E-state index is -0.544. The quantitative estimate of drug-likeness (QED) is 0.384. The number of nitrogens with one attached hydrogen (secondary N) is 1. The lowest BCUT2D eigenvalue weighted by atomic mass is 10.0. The Balaban J connectivity index is 1.76. The Hall–Kier alpha value is -2.19. The number of benzene rings is 2. The number of ether oxygens (including phenoxy) is 1. The number of fused-ring (bicyclic) bond motifs is 1. The van der Waals surface area contributed by atoms with Gasteiger partial charge in [0.25, 0.3) is 0 Å². The van der Waals surface area contributed by atoms with Crippen molar-refractivity contribution >= 4 is 54.4 Å². The molecule has 0 aliphatic carbocycles. The molecule has 0 atom stereocenters. The smallest absolute Gasteiger partial charge is 0.302 e. The number of amides is 1. The monoisotopic (exact) mass is 507 g/mol. The Kier molecular flexibility index (Phi) is 6.20. The topological polar surface area (TPSA) is 87.0 Å². The van der Waals surface area contributed by atoms with E-state index >= 15 is 0 Å². The first-order chi connectivity index (χ1) is 13.3. The van der Waals surface area contributed by atoms with Crippen LogP contribution in [-0.4, -0.2) is 22.6 Å². The van der Waals surface area contributed by atoms with Gasteiger partial charge < -0.3 is 14.8 Å². The number of rotatable bonds is 5. The maximum absolute atomic E-state index is 12.1. The van der Waals surface area contributed by atoms with Gasteiger partial charge in [0.1, 0.15) is 5.75 Å². The van der Waals surface area contributed by atoms with Crippen LogP contribution in [0.5, 0.6) is 11.6 Å². The van der Waals surface area contributed by atoms with Gasteiger partial charge in [0, 0.05) is 14.3 Å². The summed E-state index contributed by atoms with van der Waals surface area (Å²) in [6, 6.07) is 9.57. The number of carbonyl (C=O) groups is 1. The molecule has 1 aromatic heterocycles. The molecule has 2 aromatic carbocycles. The van der Waals surface area contributed by atoms with Gasteiger partial charge in [-0.25, -0.2) is 0 Å². The van der Waals surface area contributed by atoms with Crippen molar-refractivity contribution in [3.05, 3.63) is 50.4 Å². The highest BCUT2D eigenvalue weighted by atomic mass is 79.9. The summed E-state index contributed by atoms with van der Waals surface area (Å²) in [5.41, 5.74) is 2.94. The first kappa shape index (κ1) is 20.5. The van der Waals surface area contributed by atoms with Crippen molar-refractivity contribution in [3.8, 4) is 11.6 Å². The number of hydrogen-bond donors (Lipinski definition) is 2.